The fraction of sp³-hybridized carbons (Fsp3) is 0.667. The minimum Gasteiger partial charge on any atom is -0.545 e. The maximum Gasteiger partial charge on any atom is 0 e. The van der Waals surface area contributed by atoms with Gasteiger partial charge in [0.1, 0.15) is 0 Å². The predicted octanol–water partition coefficient (Wildman–Crippen LogP) is 0.866. The van der Waals surface area contributed by atoms with Gasteiger partial charge in [0, 0.05) is 32.7 Å². The van der Waals surface area contributed by atoms with Gasteiger partial charge in [0.2, 0.25) is 0 Å². The summed E-state index contributed by atoms with van der Waals surface area (Å²) in [4.78, 5) is 17.5. The minimum atomic E-state index is -0.264. The first-order valence-corrected chi connectivity index (χ1v) is 2.19. The van der Waals surface area contributed by atoms with E-state index in [1.54, 1.807) is 0 Å². The Morgan fingerprint density at radius 3 is 1.33 bits per heavy atom. The van der Waals surface area contributed by atoms with Crippen LogP contribution in [0.2, 0.25) is 0 Å². The molecule has 2 nitrogen and oxygen atoms in total. The molecule has 0 rings (SSSR count). The third kappa shape index (κ3) is 29.6. The van der Waals surface area contributed by atoms with Gasteiger partial charge >= 0.3 is 0 Å². The molecule has 0 fully saturated rings. The van der Waals surface area contributed by atoms with E-state index in [9.17, 15) is 4.79 Å². The Morgan fingerprint density at radius 1 is 1.22 bits per heavy atom. The van der Waals surface area contributed by atoms with Gasteiger partial charge in [0.15, 0.2) is 0 Å². The normalized spacial score (nSPS) is 7.89. The molecular weight excluding hydrogens is 193 g/mol. The monoisotopic (exact) mass is 203 g/mol. The maximum absolute atomic E-state index is 9.70. The molecule has 0 saturated heterocycles. The van der Waals surface area contributed by atoms with E-state index >= 15 is 0 Å². The number of hydrogen-bond acceptors (Lipinski definition) is 2. The van der Waals surface area contributed by atoms with Gasteiger partial charge in [-0.2, -0.15) is 0 Å². The second-order valence-corrected chi connectivity index (χ2v) is 2.35. The summed E-state index contributed by atoms with van der Waals surface area (Å²) in [6, 6.07) is 0. The molecule has 0 heterocycles. The van der Waals surface area contributed by atoms with Crippen LogP contribution in [0.5, 0.6) is 0 Å². The van der Waals surface area contributed by atoms with Crippen molar-refractivity contribution in [1.29, 1.82) is 0 Å². The van der Waals surface area contributed by atoms with E-state index in [0.29, 0.717) is 0 Å². The van der Waals surface area contributed by atoms with Crippen LogP contribution in [0.25, 0.3) is 0 Å². The second kappa shape index (κ2) is 8.44. The fourth-order valence-corrected chi connectivity index (χ4v) is 0. The molecule has 0 unspecified atom stereocenters. The van der Waals surface area contributed by atoms with Crippen LogP contribution in [0.15, 0.2) is 0 Å². The summed E-state index contributed by atoms with van der Waals surface area (Å²) in [5.41, 5.74) is -0.264. The van der Waals surface area contributed by atoms with Gasteiger partial charge in [-0.1, -0.05) is 20.8 Å². The molecule has 3 heteroatoms. The Morgan fingerprint density at radius 2 is 1.33 bits per heavy atom. The van der Waals surface area contributed by atoms with Crippen molar-refractivity contribution >= 4 is 13.1 Å². The average Bonchev–Trinajstić information content (AvgIpc) is 1.71. The van der Waals surface area contributed by atoms with Gasteiger partial charge in [0.25, 0.3) is 0 Å². The molecule has 0 aliphatic rings. The van der Waals surface area contributed by atoms with Crippen LogP contribution in [0.4, 0.5) is 0 Å². The number of rotatable bonds is 0. The molecule has 1 radical (unpaired) electrons. The van der Waals surface area contributed by atoms with E-state index in [4.69, 9.17) is 4.79 Å². The quantitative estimate of drug-likeness (QED) is 0.432. The van der Waals surface area contributed by atoms with Crippen LogP contribution in [0.1, 0.15) is 20.8 Å². The van der Waals surface area contributed by atoms with Crippen molar-refractivity contribution in [3.05, 3.63) is 0 Å². The second-order valence-electron chi connectivity index (χ2n) is 2.35. The van der Waals surface area contributed by atoms with Crippen molar-refractivity contribution < 1.29 is 42.3 Å². The molecule has 0 aromatic heterocycles. The minimum absolute atomic E-state index is 0. The van der Waals surface area contributed by atoms with Crippen LogP contribution in [0.3, 0.4) is 0 Å². The summed E-state index contributed by atoms with van der Waals surface area (Å²) in [7, 11) is 0. The largest absolute Gasteiger partial charge is 0.545 e. The zero-order chi connectivity index (χ0) is 7.21. The van der Waals surface area contributed by atoms with Gasteiger partial charge in [-0.05, 0) is 0 Å². The molecule has 0 aliphatic heterocycles. The Hall–Kier alpha value is 0.444. The van der Waals surface area contributed by atoms with Gasteiger partial charge in [-0.3, -0.25) is 13.1 Å². The summed E-state index contributed by atoms with van der Waals surface area (Å²) in [6.45, 7) is 8.71. The SMILES string of the molecule is CC(C)(C)[C-]=O.[CH-]=O.[Y]. The van der Waals surface area contributed by atoms with Crippen LogP contribution in [-0.4, -0.2) is 13.1 Å². The van der Waals surface area contributed by atoms with Gasteiger partial charge in [-0.15, -0.1) is 5.41 Å². The average molecular weight is 203 g/mol. The van der Waals surface area contributed by atoms with Crippen molar-refractivity contribution in [2.24, 2.45) is 5.41 Å². The molecule has 0 aliphatic carbocycles. The first-order valence-electron chi connectivity index (χ1n) is 2.19. The number of hydrogen-bond donors (Lipinski definition) is 0. The van der Waals surface area contributed by atoms with Crippen molar-refractivity contribution in [3.8, 4) is 0 Å². The molecule has 0 aromatic carbocycles. The molecular formula is C6H10O2Y-2. The first kappa shape index (κ1) is 16.2. The van der Waals surface area contributed by atoms with Crippen LogP contribution in [0, 0.1) is 5.41 Å². The van der Waals surface area contributed by atoms with Crippen LogP contribution < -0.4 is 0 Å². The Kier molecular flexibility index (Phi) is 15.2. The van der Waals surface area contributed by atoms with Crippen LogP contribution >= 0.6 is 0 Å². The smallest absolute Gasteiger partial charge is 0 e. The Bertz CT molecular complexity index is 65.9. The Labute approximate surface area is 81.3 Å². The van der Waals surface area contributed by atoms with Crippen molar-refractivity contribution in [2.45, 2.75) is 20.8 Å². The molecule has 0 aromatic rings. The maximum atomic E-state index is 9.70. The fourth-order valence-electron chi connectivity index (χ4n) is 0. The van der Waals surface area contributed by atoms with E-state index in [-0.39, 0.29) is 38.1 Å². The predicted molar refractivity (Wildman–Crippen MR) is 31.9 cm³/mol. The summed E-state index contributed by atoms with van der Waals surface area (Å²) in [5, 5.41) is 0. The van der Waals surface area contributed by atoms with Gasteiger partial charge < -0.3 is 9.59 Å². The third-order valence-electron chi connectivity index (χ3n) is 0.306. The molecule has 9 heavy (non-hydrogen) atoms. The molecule has 0 amide bonds. The Balaban J connectivity index is -0.000000109. The van der Waals surface area contributed by atoms with Gasteiger partial charge in [-0.25, -0.2) is 0 Å². The summed E-state index contributed by atoms with van der Waals surface area (Å²) in [5.74, 6) is 0. The van der Waals surface area contributed by atoms with Gasteiger partial charge in [0.05, 0.1) is 0 Å². The van der Waals surface area contributed by atoms with Crippen molar-refractivity contribution in [2.75, 3.05) is 0 Å². The molecule has 51 valence electrons. The molecule has 0 atom stereocenters. The zero-order valence-corrected chi connectivity index (χ0v) is 8.81. The van der Waals surface area contributed by atoms with Crippen molar-refractivity contribution in [3.63, 3.8) is 0 Å². The third-order valence-corrected chi connectivity index (χ3v) is 0.306. The molecule has 0 spiro atoms. The van der Waals surface area contributed by atoms with Crippen molar-refractivity contribution in [1.82, 2.24) is 0 Å². The number of carbonyl (C=O) groups excluding carboxylic acids is 2. The standard InChI is InChI=1S/C5H9O.CHO.Y/c1-5(2,3)4-6;1-2;/h1-3H3;1H;/q2*-1;. The van der Waals surface area contributed by atoms with E-state index in [2.05, 4.69) is 6.79 Å². The zero-order valence-electron chi connectivity index (χ0n) is 5.97. The van der Waals surface area contributed by atoms with E-state index in [1.165, 1.54) is 0 Å². The molecule has 0 saturated carbocycles. The first-order chi connectivity index (χ1) is 3.56. The summed E-state index contributed by atoms with van der Waals surface area (Å²) >= 11 is 0. The van der Waals surface area contributed by atoms with E-state index in [0.717, 1.165) is 0 Å². The molecule has 0 bridgehead atoms. The van der Waals surface area contributed by atoms with Crippen LogP contribution in [-0.2, 0) is 42.3 Å². The molecule has 0 N–H and O–H groups in total. The topological polar surface area (TPSA) is 34.1 Å². The van der Waals surface area contributed by atoms with E-state index in [1.807, 2.05) is 27.1 Å². The summed E-state index contributed by atoms with van der Waals surface area (Å²) < 4.78 is 0. The van der Waals surface area contributed by atoms with E-state index < -0.39 is 0 Å². The summed E-state index contributed by atoms with van der Waals surface area (Å²) in [6.07, 6.45) is 1.85.